The minimum Gasteiger partial charge on any atom is -0.497 e. The Hall–Kier alpha value is -3.85. The van der Waals surface area contributed by atoms with E-state index in [-0.39, 0.29) is 5.91 Å². The van der Waals surface area contributed by atoms with Crippen LogP contribution < -0.4 is 15.4 Å². The maximum Gasteiger partial charge on any atom is 0.274 e. The van der Waals surface area contributed by atoms with E-state index in [2.05, 4.69) is 15.6 Å². The fourth-order valence-corrected chi connectivity index (χ4v) is 2.71. The van der Waals surface area contributed by atoms with E-state index in [4.69, 9.17) is 10.00 Å². The van der Waals surface area contributed by atoms with Crippen LogP contribution in [0.15, 0.2) is 66.9 Å². The zero-order valence-corrected chi connectivity index (χ0v) is 15.5. The van der Waals surface area contributed by atoms with E-state index in [9.17, 15) is 4.79 Å². The zero-order chi connectivity index (χ0) is 19.8. The number of ether oxygens (including phenoxy) is 1. The van der Waals surface area contributed by atoms with Gasteiger partial charge in [0.2, 0.25) is 0 Å². The van der Waals surface area contributed by atoms with Crippen LogP contribution in [-0.2, 0) is 6.42 Å². The summed E-state index contributed by atoms with van der Waals surface area (Å²) in [5.41, 5.74) is 3.32. The molecule has 3 aromatic rings. The molecule has 2 N–H and O–H groups in total. The Morgan fingerprint density at radius 2 is 1.96 bits per heavy atom. The van der Waals surface area contributed by atoms with Crippen LogP contribution in [0.1, 0.15) is 21.6 Å². The Kier molecular flexibility index (Phi) is 6.21. The number of nitrogens with zero attached hydrogens (tertiary/aromatic N) is 2. The van der Waals surface area contributed by atoms with E-state index < -0.39 is 0 Å². The third kappa shape index (κ3) is 5.08. The van der Waals surface area contributed by atoms with Crippen LogP contribution in [0.5, 0.6) is 5.75 Å². The first-order valence-corrected chi connectivity index (χ1v) is 8.82. The number of pyridine rings is 1. The first-order valence-electron chi connectivity index (χ1n) is 8.82. The van der Waals surface area contributed by atoms with E-state index in [1.807, 2.05) is 36.4 Å². The van der Waals surface area contributed by atoms with Crippen molar-refractivity contribution in [3.05, 3.63) is 83.7 Å². The Morgan fingerprint density at radius 3 is 2.79 bits per heavy atom. The van der Waals surface area contributed by atoms with Gasteiger partial charge < -0.3 is 15.4 Å². The number of amides is 1. The lowest BCUT2D eigenvalue weighted by Crippen LogP contribution is -2.14. The Labute approximate surface area is 163 Å². The molecule has 0 radical (unpaired) electrons. The van der Waals surface area contributed by atoms with E-state index in [0.29, 0.717) is 23.5 Å². The number of nitrogens with one attached hydrogen (secondary N) is 2. The fraction of sp³-hybridized carbons (Fsp3) is 0.136. The van der Waals surface area contributed by atoms with Gasteiger partial charge in [-0.3, -0.25) is 9.78 Å². The predicted molar refractivity (Wildman–Crippen MR) is 109 cm³/mol. The zero-order valence-electron chi connectivity index (χ0n) is 15.5. The number of hydrogen-bond acceptors (Lipinski definition) is 5. The highest BCUT2D eigenvalue weighted by molar-refractivity contribution is 6.03. The molecule has 0 aliphatic rings. The monoisotopic (exact) mass is 372 g/mol. The standard InChI is InChI=1S/C22H20N4O2/c1-28-20-7-3-4-16(13-20)8-10-24-18-9-11-25-21(14-18)22(27)26-19-6-2-5-17(12-19)15-23/h2-7,9,11-14H,8,10H2,1H3,(H,24,25)(H,26,27). The summed E-state index contributed by atoms with van der Waals surface area (Å²) >= 11 is 0. The summed E-state index contributed by atoms with van der Waals surface area (Å²) in [5, 5.41) is 15.0. The lowest BCUT2D eigenvalue weighted by Gasteiger charge is -2.09. The number of carbonyl (C=O) groups excluding carboxylic acids is 1. The van der Waals surface area contributed by atoms with Crippen LogP contribution >= 0.6 is 0 Å². The normalized spacial score (nSPS) is 10.0. The summed E-state index contributed by atoms with van der Waals surface area (Å²) in [6.45, 7) is 0.711. The third-order valence-corrected chi connectivity index (χ3v) is 4.12. The van der Waals surface area contributed by atoms with Crippen LogP contribution in [0, 0.1) is 11.3 Å². The van der Waals surface area contributed by atoms with Crippen molar-refractivity contribution in [3.63, 3.8) is 0 Å². The van der Waals surface area contributed by atoms with Gasteiger partial charge in [0.1, 0.15) is 11.4 Å². The second kappa shape index (κ2) is 9.19. The van der Waals surface area contributed by atoms with E-state index in [1.165, 1.54) is 0 Å². The van der Waals surface area contributed by atoms with Gasteiger partial charge in [0, 0.05) is 24.1 Å². The lowest BCUT2D eigenvalue weighted by atomic mass is 10.1. The van der Waals surface area contributed by atoms with Gasteiger partial charge in [0.05, 0.1) is 18.7 Å². The number of nitriles is 1. The van der Waals surface area contributed by atoms with Crippen molar-refractivity contribution in [2.75, 3.05) is 24.3 Å². The number of rotatable bonds is 7. The molecule has 2 aromatic carbocycles. The molecule has 140 valence electrons. The molecular formula is C22H20N4O2. The number of aromatic nitrogens is 1. The quantitative estimate of drug-likeness (QED) is 0.657. The molecule has 0 saturated carbocycles. The van der Waals surface area contributed by atoms with E-state index in [1.54, 1.807) is 43.6 Å². The largest absolute Gasteiger partial charge is 0.497 e. The molecule has 1 heterocycles. The van der Waals surface area contributed by atoms with E-state index >= 15 is 0 Å². The van der Waals surface area contributed by atoms with E-state index in [0.717, 1.165) is 23.4 Å². The molecule has 1 amide bonds. The molecule has 0 saturated heterocycles. The first-order chi connectivity index (χ1) is 13.7. The van der Waals surface area contributed by atoms with Gasteiger partial charge in [-0.05, 0) is 54.4 Å². The van der Waals surface area contributed by atoms with Gasteiger partial charge in [0.25, 0.3) is 5.91 Å². The van der Waals surface area contributed by atoms with Crippen molar-refractivity contribution in [2.45, 2.75) is 6.42 Å². The van der Waals surface area contributed by atoms with Crippen LogP contribution in [0.2, 0.25) is 0 Å². The SMILES string of the molecule is COc1cccc(CCNc2ccnc(C(=O)Nc3cccc(C#N)c3)c2)c1. The highest BCUT2D eigenvalue weighted by Crippen LogP contribution is 2.15. The fourth-order valence-electron chi connectivity index (χ4n) is 2.71. The first kappa shape index (κ1) is 18.9. The molecule has 6 nitrogen and oxygen atoms in total. The molecule has 3 rings (SSSR count). The summed E-state index contributed by atoms with van der Waals surface area (Å²) in [6, 6.07) is 20.2. The van der Waals surface area contributed by atoms with Crippen molar-refractivity contribution in [3.8, 4) is 11.8 Å². The van der Waals surface area contributed by atoms with Gasteiger partial charge in [-0.25, -0.2) is 0 Å². The van der Waals surface area contributed by atoms with Crippen LogP contribution in [0.3, 0.4) is 0 Å². The molecule has 0 bridgehead atoms. The molecule has 0 aliphatic heterocycles. The molecule has 0 unspecified atom stereocenters. The summed E-state index contributed by atoms with van der Waals surface area (Å²) in [4.78, 5) is 16.6. The summed E-state index contributed by atoms with van der Waals surface area (Å²) in [5.74, 6) is 0.507. The Bertz CT molecular complexity index is 1010. The molecular weight excluding hydrogens is 352 g/mol. The number of anilines is 2. The lowest BCUT2D eigenvalue weighted by molar-refractivity contribution is 0.102. The molecule has 0 fully saturated rings. The van der Waals surface area contributed by atoms with Crippen LogP contribution in [0.25, 0.3) is 0 Å². The maximum atomic E-state index is 12.4. The molecule has 0 spiro atoms. The topological polar surface area (TPSA) is 87.0 Å². The molecule has 28 heavy (non-hydrogen) atoms. The second-order valence-electron chi connectivity index (χ2n) is 6.10. The smallest absolute Gasteiger partial charge is 0.274 e. The summed E-state index contributed by atoms with van der Waals surface area (Å²) < 4.78 is 5.23. The summed E-state index contributed by atoms with van der Waals surface area (Å²) in [6.07, 6.45) is 2.41. The van der Waals surface area contributed by atoms with Gasteiger partial charge in [-0.15, -0.1) is 0 Å². The van der Waals surface area contributed by atoms with Crippen LogP contribution in [-0.4, -0.2) is 24.5 Å². The average molecular weight is 372 g/mol. The summed E-state index contributed by atoms with van der Waals surface area (Å²) in [7, 11) is 1.65. The molecule has 6 heteroatoms. The molecule has 0 aliphatic carbocycles. The van der Waals surface area contributed by atoms with Crippen molar-refractivity contribution >= 4 is 17.3 Å². The van der Waals surface area contributed by atoms with Crippen molar-refractivity contribution in [2.24, 2.45) is 0 Å². The van der Waals surface area contributed by atoms with Gasteiger partial charge in [-0.1, -0.05) is 18.2 Å². The minimum absolute atomic E-state index is 0.300. The predicted octanol–water partition coefficient (Wildman–Crippen LogP) is 3.87. The average Bonchev–Trinajstić information content (AvgIpc) is 2.74. The Morgan fingerprint density at radius 1 is 1.11 bits per heavy atom. The number of benzene rings is 2. The number of hydrogen-bond donors (Lipinski definition) is 2. The molecule has 0 atom stereocenters. The molecule has 1 aromatic heterocycles. The highest BCUT2D eigenvalue weighted by atomic mass is 16.5. The van der Waals surface area contributed by atoms with Crippen molar-refractivity contribution in [1.29, 1.82) is 5.26 Å². The van der Waals surface area contributed by atoms with Crippen LogP contribution in [0.4, 0.5) is 11.4 Å². The minimum atomic E-state index is -0.327. The van der Waals surface area contributed by atoms with Crippen molar-refractivity contribution in [1.82, 2.24) is 4.98 Å². The van der Waals surface area contributed by atoms with Gasteiger partial charge in [0.15, 0.2) is 0 Å². The van der Waals surface area contributed by atoms with Gasteiger partial charge in [-0.2, -0.15) is 5.26 Å². The van der Waals surface area contributed by atoms with Crippen molar-refractivity contribution < 1.29 is 9.53 Å². The number of methoxy groups -OCH3 is 1. The van der Waals surface area contributed by atoms with Gasteiger partial charge >= 0.3 is 0 Å². The number of carbonyl (C=O) groups is 1. The second-order valence-corrected chi connectivity index (χ2v) is 6.10. The highest BCUT2D eigenvalue weighted by Gasteiger charge is 2.09. The maximum absolute atomic E-state index is 12.4. The third-order valence-electron chi connectivity index (χ3n) is 4.12. The Balaban J connectivity index is 1.60.